The average Bonchev–Trinajstić information content (AvgIpc) is 2.85. The second-order valence-corrected chi connectivity index (χ2v) is 3.71. The molecule has 7 heteroatoms. The summed E-state index contributed by atoms with van der Waals surface area (Å²) in [7, 11) is 0. The Kier molecular flexibility index (Phi) is 5.76. The van der Waals surface area contributed by atoms with E-state index in [2.05, 4.69) is 4.99 Å². The molecule has 0 radical (unpaired) electrons. The van der Waals surface area contributed by atoms with E-state index in [1.165, 1.54) is 0 Å². The molecule has 1 aliphatic rings. The van der Waals surface area contributed by atoms with E-state index >= 15 is 0 Å². The molecule has 0 unspecified atom stereocenters. The maximum Gasteiger partial charge on any atom is 0.328 e. The molecule has 7 nitrogen and oxygen atoms in total. The molecule has 1 heterocycles. The van der Waals surface area contributed by atoms with Gasteiger partial charge in [-0.2, -0.15) is 0 Å². The SMILES string of the molecule is NC1=NC[C@H](c2ccccc2)O1.O=C(O)/C=C/C(=O)O. The molecular weight excluding hydrogens is 264 g/mol. The van der Waals surface area contributed by atoms with Gasteiger partial charge in [0, 0.05) is 12.2 Å². The van der Waals surface area contributed by atoms with Crippen LogP contribution in [0, 0.1) is 0 Å². The number of nitrogens with zero attached hydrogens (tertiary/aromatic N) is 1. The zero-order valence-corrected chi connectivity index (χ0v) is 10.5. The molecule has 0 aliphatic carbocycles. The molecule has 0 aromatic heterocycles. The van der Waals surface area contributed by atoms with Crippen molar-refractivity contribution in [3.63, 3.8) is 0 Å². The van der Waals surface area contributed by atoms with Crippen molar-refractivity contribution in [2.75, 3.05) is 6.54 Å². The first-order valence-corrected chi connectivity index (χ1v) is 5.64. The number of ether oxygens (including phenoxy) is 1. The summed E-state index contributed by atoms with van der Waals surface area (Å²) >= 11 is 0. The Morgan fingerprint density at radius 1 is 1.20 bits per heavy atom. The summed E-state index contributed by atoms with van der Waals surface area (Å²) in [5.41, 5.74) is 6.52. The lowest BCUT2D eigenvalue weighted by Crippen LogP contribution is -2.12. The summed E-state index contributed by atoms with van der Waals surface area (Å²) in [5.74, 6) is -2.51. The molecule has 0 saturated heterocycles. The highest BCUT2D eigenvalue weighted by atomic mass is 16.5. The van der Waals surface area contributed by atoms with Crippen molar-refractivity contribution in [1.82, 2.24) is 0 Å². The maximum absolute atomic E-state index is 9.55. The van der Waals surface area contributed by atoms with Gasteiger partial charge < -0.3 is 20.7 Å². The Morgan fingerprint density at radius 2 is 1.75 bits per heavy atom. The predicted molar refractivity (Wildman–Crippen MR) is 71.2 cm³/mol. The van der Waals surface area contributed by atoms with Gasteiger partial charge in [-0.15, -0.1) is 0 Å². The van der Waals surface area contributed by atoms with Gasteiger partial charge in [0.15, 0.2) is 0 Å². The lowest BCUT2D eigenvalue weighted by molar-refractivity contribution is -0.134. The first kappa shape index (κ1) is 15.2. The third-order valence-corrected chi connectivity index (χ3v) is 2.22. The second-order valence-electron chi connectivity index (χ2n) is 3.71. The monoisotopic (exact) mass is 278 g/mol. The maximum atomic E-state index is 9.55. The van der Waals surface area contributed by atoms with E-state index in [1.807, 2.05) is 30.3 Å². The van der Waals surface area contributed by atoms with Gasteiger partial charge in [-0.05, 0) is 5.56 Å². The smallest absolute Gasteiger partial charge is 0.328 e. The van der Waals surface area contributed by atoms with Gasteiger partial charge in [0.05, 0.1) is 6.54 Å². The van der Waals surface area contributed by atoms with E-state index in [-0.39, 0.29) is 6.10 Å². The van der Waals surface area contributed by atoms with Crippen LogP contribution in [-0.4, -0.2) is 34.7 Å². The number of aliphatic imine (C=N–C) groups is 1. The first-order chi connectivity index (χ1) is 9.49. The average molecular weight is 278 g/mol. The summed E-state index contributed by atoms with van der Waals surface area (Å²) in [6.07, 6.45) is 1.14. The van der Waals surface area contributed by atoms with Crippen LogP contribution < -0.4 is 5.73 Å². The van der Waals surface area contributed by atoms with Crippen molar-refractivity contribution in [2.24, 2.45) is 10.7 Å². The second kappa shape index (κ2) is 7.57. The van der Waals surface area contributed by atoms with E-state index in [4.69, 9.17) is 20.7 Å². The van der Waals surface area contributed by atoms with Crippen molar-refractivity contribution >= 4 is 18.0 Å². The molecule has 0 spiro atoms. The first-order valence-electron chi connectivity index (χ1n) is 5.64. The molecule has 1 aromatic carbocycles. The largest absolute Gasteiger partial charge is 0.478 e. The van der Waals surface area contributed by atoms with Crippen LogP contribution in [0.15, 0.2) is 47.5 Å². The topological polar surface area (TPSA) is 122 Å². The highest BCUT2D eigenvalue weighted by Crippen LogP contribution is 2.20. The fourth-order valence-corrected chi connectivity index (χ4v) is 1.38. The van der Waals surface area contributed by atoms with Crippen molar-refractivity contribution < 1.29 is 24.5 Å². The van der Waals surface area contributed by atoms with Gasteiger partial charge in [-0.3, -0.25) is 0 Å². The minimum atomic E-state index is -1.26. The van der Waals surface area contributed by atoms with Gasteiger partial charge in [0.1, 0.15) is 6.10 Å². The number of carboxylic acids is 2. The molecule has 0 amide bonds. The fourth-order valence-electron chi connectivity index (χ4n) is 1.38. The molecule has 0 fully saturated rings. The van der Waals surface area contributed by atoms with Crippen LogP contribution in [0.1, 0.15) is 11.7 Å². The molecule has 1 aromatic rings. The van der Waals surface area contributed by atoms with Crippen molar-refractivity contribution in [1.29, 1.82) is 0 Å². The van der Waals surface area contributed by atoms with E-state index in [1.54, 1.807) is 0 Å². The number of benzene rings is 1. The van der Waals surface area contributed by atoms with Crippen LogP contribution in [0.3, 0.4) is 0 Å². The van der Waals surface area contributed by atoms with Gasteiger partial charge in [0.2, 0.25) is 0 Å². The Labute approximate surface area is 115 Å². The van der Waals surface area contributed by atoms with Crippen LogP contribution >= 0.6 is 0 Å². The number of nitrogens with two attached hydrogens (primary N) is 1. The number of carbonyl (C=O) groups is 2. The molecule has 1 aliphatic heterocycles. The molecule has 0 bridgehead atoms. The number of hydrogen-bond acceptors (Lipinski definition) is 5. The number of amidine groups is 1. The van der Waals surface area contributed by atoms with E-state index in [0.29, 0.717) is 24.7 Å². The van der Waals surface area contributed by atoms with E-state index in [0.717, 1.165) is 5.56 Å². The van der Waals surface area contributed by atoms with Gasteiger partial charge >= 0.3 is 11.9 Å². The number of rotatable bonds is 3. The van der Waals surface area contributed by atoms with E-state index in [9.17, 15) is 9.59 Å². The molecule has 2 rings (SSSR count). The van der Waals surface area contributed by atoms with Crippen molar-refractivity contribution in [2.45, 2.75) is 6.10 Å². The summed E-state index contributed by atoms with van der Waals surface area (Å²) in [5, 5.41) is 15.6. The predicted octanol–water partition coefficient (Wildman–Crippen LogP) is 0.784. The van der Waals surface area contributed by atoms with Gasteiger partial charge in [-0.25, -0.2) is 14.6 Å². The molecule has 4 N–H and O–H groups in total. The van der Waals surface area contributed by atoms with Gasteiger partial charge in [0.25, 0.3) is 6.02 Å². The lowest BCUT2D eigenvalue weighted by Gasteiger charge is -2.08. The molecule has 106 valence electrons. The van der Waals surface area contributed by atoms with Gasteiger partial charge in [-0.1, -0.05) is 30.3 Å². The van der Waals surface area contributed by atoms with Crippen LogP contribution in [0.2, 0.25) is 0 Å². The number of aliphatic carboxylic acids is 2. The minimum absolute atomic E-state index is 0.0196. The highest BCUT2D eigenvalue weighted by molar-refractivity contribution is 5.89. The highest BCUT2D eigenvalue weighted by Gasteiger charge is 2.18. The zero-order chi connectivity index (χ0) is 15.0. The zero-order valence-electron chi connectivity index (χ0n) is 10.5. The van der Waals surface area contributed by atoms with Crippen LogP contribution in [-0.2, 0) is 14.3 Å². The Bertz CT molecular complexity index is 509. The third-order valence-electron chi connectivity index (χ3n) is 2.22. The Hall–Kier alpha value is -2.83. The fraction of sp³-hybridized carbons (Fsp3) is 0.154. The normalized spacial score (nSPS) is 16.8. The minimum Gasteiger partial charge on any atom is -0.478 e. The third kappa shape index (κ3) is 5.67. The number of hydrogen-bond donors (Lipinski definition) is 3. The van der Waals surface area contributed by atoms with E-state index < -0.39 is 11.9 Å². The molecule has 1 atom stereocenters. The molecule has 0 saturated carbocycles. The van der Waals surface area contributed by atoms with Crippen LogP contribution in [0.4, 0.5) is 0 Å². The molecule has 20 heavy (non-hydrogen) atoms. The Balaban J connectivity index is 0.000000221. The van der Waals surface area contributed by atoms with Crippen LogP contribution in [0.25, 0.3) is 0 Å². The number of carboxylic acid groups (broad SMARTS) is 2. The summed E-state index contributed by atoms with van der Waals surface area (Å²) in [6, 6.07) is 10.3. The lowest BCUT2D eigenvalue weighted by atomic mass is 10.1. The summed E-state index contributed by atoms with van der Waals surface area (Å²) in [6.45, 7) is 0.635. The summed E-state index contributed by atoms with van der Waals surface area (Å²) < 4.78 is 5.28. The van der Waals surface area contributed by atoms with Crippen LogP contribution in [0.5, 0.6) is 0 Å². The van der Waals surface area contributed by atoms with Crippen molar-refractivity contribution in [3.8, 4) is 0 Å². The molecular formula is C13H14N2O5. The standard InChI is InChI=1S/C9H10N2O.C4H4O4/c10-9-11-6-8(12-9)7-4-2-1-3-5-7;5-3(6)1-2-4(7)8/h1-5,8H,6H2,(H2,10,11);1-2H,(H,5,6)(H,7,8)/b;2-1+/t8-;/m1./s1. The Morgan fingerprint density at radius 3 is 2.15 bits per heavy atom. The van der Waals surface area contributed by atoms with Crippen molar-refractivity contribution in [3.05, 3.63) is 48.0 Å². The summed E-state index contributed by atoms with van der Waals surface area (Å²) in [4.78, 5) is 23.1. The quantitative estimate of drug-likeness (QED) is 0.702.